The van der Waals surface area contributed by atoms with E-state index in [1.807, 2.05) is 16.8 Å². The number of fused-ring (bicyclic) bond motifs is 3. The second-order valence-electron chi connectivity index (χ2n) is 5.68. The molecule has 1 unspecified atom stereocenters. The largest absolute Gasteiger partial charge is 0.492 e. The first-order chi connectivity index (χ1) is 11.1. The molecule has 4 N–H and O–H groups in total. The summed E-state index contributed by atoms with van der Waals surface area (Å²) in [7, 11) is 0. The van der Waals surface area contributed by atoms with Gasteiger partial charge in [0.25, 0.3) is 0 Å². The van der Waals surface area contributed by atoms with Crippen LogP contribution in [0, 0.1) is 0 Å². The fourth-order valence-corrected chi connectivity index (χ4v) is 3.07. The van der Waals surface area contributed by atoms with Gasteiger partial charge in [-0.15, -0.1) is 0 Å². The van der Waals surface area contributed by atoms with E-state index in [4.69, 9.17) is 16.2 Å². The highest BCUT2D eigenvalue weighted by atomic mass is 16.5. The Labute approximate surface area is 131 Å². The average Bonchev–Trinajstić information content (AvgIpc) is 3.13. The summed E-state index contributed by atoms with van der Waals surface area (Å²) in [5.74, 6) is 1.32. The molecule has 116 valence electrons. The molecular weight excluding hydrogens is 294 g/mol. The number of hydrogen-bond donors (Lipinski definition) is 2. The van der Waals surface area contributed by atoms with Crippen LogP contribution in [0.25, 0.3) is 16.6 Å². The predicted molar refractivity (Wildman–Crippen MR) is 87.0 cm³/mol. The lowest BCUT2D eigenvalue weighted by Gasteiger charge is -2.14. The standard InChI is InChI=1S/C16H15N5O2/c1-8-7-23-14-12(8)11(21-3-2-9(5-21)6-22)4-10-13(14)15(17)20-16(18)19-10/h2-6,8H,7H2,1H3,(H4,17,18,19,20). The summed E-state index contributed by atoms with van der Waals surface area (Å²) in [5.41, 5.74) is 14.9. The van der Waals surface area contributed by atoms with E-state index in [0.29, 0.717) is 34.6 Å². The first-order valence-electron chi connectivity index (χ1n) is 7.24. The molecule has 0 bridgehead atoms. The van der Waals surface area contributed by atoms with Gasteiger partial charge >= 0.3 is 0 Å². The van der Waals surface area contributed by atoms with Crippen LogP contribution in [0.2, 0.25) is 0 Å². The first-order valence-corrected chi connectivity index (χ1v) is 7.24. The molecule has 0 saturated carbocycles. The van der Waals surface area contributed by atoms with Gasteiger partial charge < -0.3 is 20.8 Å². The van der Waals surface area contributed by atoms with Gasteiger partial charge in [0.1, 0.15) is 11.6 Å². The van der Waals surface area contributed by atoms with Crippen molar-refractivity contribution < 1.29 is 9.53 Å². The van der Waals surface area contributed by atoms with Crippen molar-refractivity contribution in [1.29, 1.82) is 0 Å². The number of nitrogen functional groups attached to an aromatic ring is 2. The molecule has 23 heavy (non-hydrogen) atoms. The third-order valence-electron chi connectivity index (χ3n) is 4.10. The number of nitrogens with zero attached hydrogens (tertiary/aromatic N) is 3. The van der Waals surface area contributed by atoms with Gasteiger partial charge in [-0.1, -0.05) is 6.92 Å². The number of rotatable bonds is 2. The summed E-state index contributed by atoms with van der Waals surface area (Å²) in [6.07, 6.45) is 4.42. The Bertz CT molecular complexity index is 947. The smallest absolute Gasteiger partial charge is 0.222 e. The zero-order chi connectivity index (χ0) is 16.1. The Morgan fingerprint density at radius 2 is 2.22 bits per heavy atom. The Morgan fingerprint density at radius 1 is 1.39 bits per heavy atom. The Morgan fingerprint density at radius 3 is 2.96 bits per heavy atom. The summed E-state index contributed by atoms with van der Waals surface area (Å²) in [6.45, 7) is 2.65. The lowest BCUT2D eigenvalue weighted by atomic mass is 9.98. The summed E-state index contributed by atoms with van der Waals surface area (Å²) >= 11 is 0. The van der Waals surface area contributed by atoms with Gasteiger partial charge in [0, 0.05) is 29.4 Å². The topological polar surface area (TPSA) is 109 Å². The molecule has 1 aliphatic heterocycles. The van der Waals surface area contributed by atoms with Crippen molar-refractivity contribution in [2.75, 3.05) is 18.1 Å². The number of hydrogen-bond acceptors (Lipinski definition) is 6. The Kier molecular flexibility index (Phi) is 2.77. The van der Waals surface area contributed by atoms with E-state index in [2.05, 4.69) is 16.9 Å². The minimum Gasteiger partial charge on any atom is -0.492 e. The van der Waals surface area contributed by atoms with Crippen LogP contribution in [0.15, 0.2) is 24.5 Å². The fourth-order valence-electron chi connectivity index (χ4n) is 3.07. The molecule has 3 aromatic rings. The molecule has 3 heterocycles. The van der Waals surface area contributed by atoms with E-state index in [0.717, 1.165) is 17.5 Å². The van der Waals surface area contributed by atoms with Crippen molar-refractivity contribution in [3.8, 4) is 11.4 Å². The molecule has 2 aromatic heterocycles. The molecule has 0 amide bonds. The summed E-state index contributed by atoms with van der Waals surface area (Å²) in [6, 6.07) is 3.66. The first kappa shape index (κ1) is 13.6. The lowest BCUT2D eigenvalue weighted by Crippen LogP contribution is -2.04. The van der Waals surface area contributed by atoms with Crippen LogP contribution in [0.1, 0.15) is 28.8 Å². The number of aromatic nitrogens is 3. The lowest BCUT2D eigenvalue weighted by molar-refractivity contribution is 0.112. The molecule has 4 rings (SSSR count). The van der Waals surface area contributed by atoms with Crippen LogP contribution >= 0.6 is 0 Å². The van der Waals surface area contributed by atoms with E-state index in [1.54, 1.807) is 12.3 Å². The Hall–Kier alpha value is -3.09. The van der Waals surface area contributed by atoms with E-state index >= 15 is 0 Å². The molecule has 1 atom stereocenters. The number of aldehydes is 1. The molecule has 0 spiro atoms. The quantitative estimate of drug-likeness (QED) is 0.700. The van der Waals surface area contributed by atoms with E-state index < -0.39 is 0 Å². The minimum absolute atomic E-state index is 0.119. The van der Waals surface area contributed by atoms with Crippen LogP contribution in [0.3, 0.4) is 0 Å². The van der Waals surface area contributed by atoms with Crippen LogP contribution in [0.5, 0.6) is 5.75 Å². The summed E-state index contributed by atoms with van der Waals surface area (Å²) in [4.78, 5) is 19.3. The van der Waals surface area contributed by atoms with Gasteiger partial charge in [0.05, 0.1) is 23.2 Å². The van der Waals surface area contributed by atoms with Crippen LogP contribution in [-0.2, 0) is 0 Å². The predicted octanol–water partition coefficient (Wildman–Crippen LogP) is 1.89. The normalized spacial score (nSPS) is 16.3. The molecule has 7 heteroatoms. The highest BCUT2D eigenvalue weighted by molar-refractivity contribution is 5.98. The van der Waals surface area contributed by atoms with E-state index in [-0.39, 0.29) is 11.9 Å². The number of nitrogens with two attached hydrogens (primary N) is 2. The molecule has 1 aliphatic rings. The van der Waals surface area contributed by atoms with Crippen molar-refractivity contribution in [3.05, 3.63) is 35.7 Å². The molecule has 0 aliphatic carbocycles. The highest BCUT2D eigenvalue weighted by Gasteiger charge is 2.29. The zero-order valence-electron chi connectivity index (χ0n) is 12.5. The van der Waals surface area contributed by atoms with E-state index in [1.165, 1.54) is 0 Å². The average molecular weight is 309 g/mol. The monoisotopic (exact) mass is 309 g/mol. The number of ether oxygens (including phenoxy) is 1. The number of carbonyl (C=O) groups excluding carboxylic acids is 1. The highest BCUT2D eigenvalue weighted by Crippen LogP contribution is 2.44. The second kappa shape index (κ2) is 4.70. The SMILES string of the molecule is CC1COc2c1c(-n1ccc(C=O)c1)cc1nc(N)nc(N)c21. The third kappa shape index (κ3) is 1.93. The zero-order valence-corrected chi connectivity index (χ0v) is 12.5. The van der Waals surface area contributed by atoms with Gasteiger partial charge in [-0.3, -0.25) is 4.79 Å². The van der Waals surface area contributed by atoms with Gasteiger partial charge in [-0.25, -0.2) is 4.98 Å². The fraction of sp³-hybridized carbons (Fsp3) is 0.188. The van der Waals surface area contributed by atoms with Crippen molar-refractivity contribution in [2.24, 2.45) is 0 Å². The molecule has 0 fully saturated rings. The van der Waals surface area contributed by atoms with Crippen LogP contribution in [0.4, 0.5) is 11.8 Å². The van der Waals surface area contributed by atoms with E-state index in [9.17, 15) is 4.79 Å². The van der Waals surface area contributed by atoms with Crippen molar-refractivity contribution in [1.82, 2.24) is 14.5 Å². The maximum absolute atomic E-state index is 11.0. The van der Waals surface area contributed by atoms with Gasteiger partial charge in [0.15, 0.2) is 6.29 Å². The van der Waals surface area contributed by atoms with Gasteiger partial charge in [-0.2, -0.15) is 4.98 Å². The molecule has 0 radical (unpaired) electrons. The molecule has 7 nitrogen and oxygen atoms in total. The minimum atomic E-state index is 0.119. The van der Waals surface area contributed by atoms with Crippen molar-refractivity contribution in [3.63, 3.8) is 0 Å². The van der Waals surface area contributed by atoms with Gasteiger partial charge in [0.2, 0.25) is 5.95 Å². The molecular formula is C16H15N5O2. The number of benzene rings is 1. The molecule has 1 aromatic carbocycles. The molecule has 0 saturated heterocycles. The summed E-state index contributed by atoms with van der Waals surface area (Å²) < 4.78 is 7.75. The van der Waals surface area contributed by atoms with Crippen LogP contribution < -0.4 is 16.2 Å². The maximum atomic E-state index is 11.0. The number of anilines is 2. The van der Waals surface area contributed by atoms with Crippen molar-refractivity contribution >= 4 is 29.0 Å². The maximum Gasteiger partial charge on any atom is 0.222 e. The second-order valence-corrected chi connectivity index (χ2v) is 5.68. The van der Waals surface area contributed by atoms with Crippen LogP contribution in [-0.4, -0.2) is 27.4 Å². The summed E-state index contributed by atoms with van der Waals surface area (Å²) in [5, 5.41) is 0.685. The number of carbonyl (C=O) groups is 1. The van der Waals surface area contributed by atoms with Gasteiger partial charge in [-0.05, 0) is 12.1 Å². The Balaban J connectivity index is 2.08. The third-order valence-corrected chi connectivity index (χ3v) is 4.10. The van der Waals surface area contributed by atoms with Crippen molar-refractivity contribution in [2.45, 2.75) is 12.8 Å².